The Morgan fingerprint density at radius 2 is 2.08 bits per heavy atom. The van der Waals surface area contributed by atoms with Gasteiger partial charge in [-0.2, -0.15) is 0 Å². The highest BCUT2D eigenvalue weighted by molar-refractivity contribution is 6.37. The van der Waals surface area contributed by atoms with Crippen molar-refractivity contribution in [3.05, 3.63) is 0 Å². The monoisotopic (exact) mass is 170 g/mol. The quantitative estimate of drug-likeness (QED) is 0.391. The van der Waals surface area contributed by atoms with Gasteiger partial charge in [0, 0.05) is 0 Å². The van der Waals surface area contributed by atoms with E-state index in [4.69, 9.17) is 5.73 Å². The van der Waals surface area contributed by atoms with Gasteiger partial charge >= 0.3 is 0 Å². The van der Waals surface area contributed by atoms with E-state index in [2.05, 4.69) is 5.32 Å². The normalized spacial score (nSPS) is 18.0. The van der Waals surface area contributed by atoms with Crippen molar-refractivity contribution in [2.75, 3.05) is 0 Å². The minimum absolute atomic E-state index is 0.107. The Kier molecular flexibility index (Phi) is 2.42. The minimum Gasteiger partial charge on any atom is -0.363 e. The molecule has 0 heterocycles. The Hall–Kier alpha value is -1.39. The van der Waals surface area contributed by atoms with Crippen LogP contribution in [-0.2, 0) is 14.4 Å². The van der Waals surface area contributed by atoms with Gasteiger partial charge in [-0.3, -0.25) is 14.4 Å². The number of ketones is 1. The lowest BCUT2D eigenvalue weighted by molar-refractivity contribution is -0.138. The van der Waals surface area contributed by atoms with Crippen molar-refractivity contribution in [1.82, 2.24) is 5.32 Å². The zero-order valence-corrected chi connectivity index (χ0v) is 6.45. The van der Waals surface area contributed by atoms with Gasteiger partial charge in [-0.1, -0.05) is 0 Å². The molecule has 0 bridgehead atoms. The zero-order valence-electron chi connectivity index (χ0n) is 6.45. The van der Waals surface area contributed by atoms with E-state index >= 15 is 0 Å². The molecular weight excluding hydrogens is 160 g/mol. The number of amides is 2. The molecular formula is C7H10N2O3. The zero-order chi connectivity index (χ0) is 9.14. The molecule has 5 nitrogen and oxygen atoms in total. The number of carbonyl (C=O) groups excluding carboxylic acids is 3. The maximum absolute atomic E-state index is 11.0. The van der Waals surface area contributed by atoms with E-state index in [9.17, 15) is 14.4 Å². The topological polar surface area (TPSA) is 89.3 Å². The van der Waals surface area contributed by atoms with Gasteiger partial charge in [-0.15, -0.1) is 0 Å². The number of carbonyl (C=O) groups is 3. The molecule has 5 heteroatoms. The third-order valence-electron chi connectivity index (χ3n) is 1.87. The highest BCUT2D eigenvalue weighted by atomic mass is 16.2. The molecule has 1 atom stereocenters. The van der Waals surface area contributed by atoms with E-state index in [1.807, 2.05) is 0 Å². The maximum atomic E-state index is 11.0. The summed E-state index contributed by atoms with van der Waals surface area (Å²) in [5.41, 5.74) is 4.79. The Bertz CT molecular complexity index is 223. The summed E-state index contributed by atoms with van der Waals surface area (Å²) in [5, 5.41) is 2.29. The van der Waals surface area contributed by atoms with Gasteiger partial charge in [-0.25, -0.2) is 0 Å². The Labute approximate surface area is 69.3 Å². The second-order valence-electron chi connectivity index (χ2n) is 2.83. The van der Waals surface area contributed by atoms with Crippen molar-refractivity contribution in [2.45, 2.75) is 18.9 Å². The molecule has 1 saturated carbocycles. The summed E-state index contributed by atoms with van der Waals surface area (Å²) in [6, 6.07) is -0.694. The van der Waals surface area contributed by atoms with Crippen LogP contribution < -0.4 is 11.1 Å². The number of rotatable bonds is 5. The average Bonchev–Trinajstić information content (AvgIpc) is 2.81. The Balaban J connectivity index is 2.57. The molecule has 1 unspecified atom stereocenters. The van der Waals surface area contributed by atoms with Gasteiger partial charge in [0.05, 0.1) is 6.04 Å². The molecule has 2 amide bonds. The molecule has 1 aliphatic rings. The van der Waals surface area contributed by atoms with Crippen LogP contribution in [0.15, 0.2) is 0 Å². The fourth-order valence-electron chi connectivity index (χ4n) is 1.08. The molecule has 0 spiro atoms. The summed E-state index contributed by atoms with van der Waals surface area (Å²) in [6.07, 6.45) is 2.15. The third kappa shape index (κ3) is 1.81. The van der Waals surface area contributed by atoms with Crippen molar-refractivity contribution in [3.8, 4) is 0 Å². The van der Waals surface area contributed by atoms with Gasteiger partial charge < -0.3 is 11.1 Å². The second-order valence-corrected chi connectivity index (χ2v) is 2.83. The molecule has 1 fully saturated rings. The predicted octanol–water partition coefficient (Wildman–Crippen LogP) is -1.43. The molecule has 1 aliphatic carbocycles. The molecule has 0 aromatic rings. The van der Waals surface area contributed by atoms with E-state index in [1.54, 1.807) is 0 Å². The summed E-state index contributed by atoms with van der Waals surface area (Å²) in [5.74, 6) is -1.58. The Morgan fingerprint density at radius 1 is 1.50 bits per heavy atom. The number of hydrogen-bond donors (Lipinski definition) is 2. The fourth-order valence-corrected chi connectivity index (χ4v) is 1.08. The average molecular weight is 170 g/mol. The molecule has 12 heavy (non-hydrogen) atoms. The van der Waals surface area contributed by atoms with Crippen molar-refractivity contribution in [2.24, 2.45) is 11.7 Å². The molecule has 1 rings (SSSR count). The Morgan fingerprint density at radius 3 is 2.42 bits per heavy atom. The van der Waals surface area contributed by atoms with Crippen LogP contribution in [0.4, 0.5) is 0 Å². The summed E-state index contributed by atoms with van der Waals surface area (Å²) in [7, 11) is 0. The summed E-state index contributed by atoms with van der Waals surface area (Å²) in [6.45, 7) is 0. The summed E-state index contributed by atoms with van der Waals surface area (Å²) >= 11 is 0. The largest absolute Gasteiger partial charge is 0.363 e. The van der Waals surface area contributed by atoms with Crippen molar-refractivity contribution in [1.29, 1.82) is 0 Å². The molecule has 0 aromatic carbocycles. The lowest BCUT2D eigenvalue weighted by Gasteiger charge is -2.10. The highest BCUT2D eigenvalue weighted by Gasteiger charge is 2.37. The van der Waals surface area contributed by atoms with Crippen LogP contribution in [0, 0.1) is 5.92 Å². The van der Waals surface area contributed by atoms with Crippen LogP contribution in [0.25, 0.3) is 0 Å². The van der Waals surface area contributed by atoms with Crippen LogP contribution in [0.5, 0.6) is 0 Å². The number of Topliss-reactive ketones (excluding diaryl/α,β-unsaturated/α-hetero) is 1. The van der Waals surface area contributed by atoms with Gasteiger partial charge in [0.2, 0.25) is 12.2 Å². The van der Waals surface area contributed by atoms with Gasteiger partial charge in [0.1, 0.15) is 0 Å². The number of nitrogens with one attached hydrogen (secondary N) is 1. The lowest BCUT2D eigenvalue weighted by atomic mass is 10.1. The van der Waals surface area contributed by atoms with Crippen LogP contribution >= 0.6 is 0 Å². The smallest absolute Gasteiger partial charge is 0.287 e. The first-order valence-electron chi connectivity index (χ1n) is 3.70. The molecule has 3 N–H and O–H groups in total. The molecule has 66 valence electrons. The second kappa shape index (κ2) is 3.34. The van der Waals surface area contributed by atoms with Crippen LogP contribution in [0.3, 0.4) is 0 Å². The van der Waals surface area contributed by atoms with E-state index in [0.29, 0.717) is 6.41 Å². The fraction of sp³-hybridized carbons (Fsp3) is 0.571. The predicted molar refractivity (Wildman–Crippen MR) is 39.9 cm³/mol. The first-order valence-corrected chi connectivity index (χ1v) is 3.70. The first kappa shape index (κ1) is 8.70. The van der Waals surface area contributed by atoms with Crippen LogP contribution in [-0.4, -0.2) is 24.1 Å². The van der Waals surface area contributed by atoms with E-state index in [0.717, 1.165) is 12.8 Å². The molecule has 0 aliphatic heterocycles. The summed E-state index contributed by atoms with van der Waals surface area (Å²) in [4.78, 5) is 31.5. The van der Waals surface area contributed by atoms with Crippen LogP contribution in [0.2, 0.25) is 0 Å². The minimum atomic E-state index is -0.985. The van der Waals surface area contributed by atoms with E-state index in [-0.39, 0.29) is 5.92 Å². The maximum Gasteiger partial charge on any atom is 0.287 e. The third-order valence-corrected chi connectivity index (χ3v) is 1.87. The van der Waals surface area contributed by atoms with Gasteiger partial charge in [0.15, 0.2) is 0 Å². The van der Waals surface area contributed by atoms with Crippen LogP contribution in [0.1, 0.15) is 12.8 Å². The van der Waals surface area contributed by atoms with Gasteiger partial charge in [-0.05, 0) is 18.8 Å². The van der Waals surface area contributed by atoms with E-state index < -0.39 is 17.7 Å². The van der Waals surface area contributed by atoms with Crippen molar-refractivity contribution < 1.29 is 14.4 Å². The number of nitrogens with two attached hydrogens (primary N) is 1. The summed E-state index contributed by atoms with van der Waals surface area (Å²) < 4.78 is 0. The molecule has 0 saturated heterocycles. The standard InChI is InChI=1S/C7H10N2O3/c8-7(12)6(11)5(9-3-10)4-1-2-4/h3-5H,1-2H2,(H2,8,12)(H,9,10). The lowest BCUT2D eigenvalue weighted by Crippen LogP contribution is -2.44. The molecule has 0 aromatic heterocycles. The first-order chi connectivity index (χ1) is 5.66. The number of primary amides is 1. The number of hydrogen-bond acceptors (Lipinski definition) is 3. The van der Waals surface area contributed by atoms with E-state index in [1.165, 1.54) is 0 Å². The van der Waals surface area contributed by atoms with Crippen molar-refractivity contribution in [3.63, 3.8) is 0 Å². The van der Waals surface area contributed by atoms with Gasteiger partial charge in [0.25, 0.3) is 5.91 Å². The molecule has 0 radical (unpaired) electrons. The van der Waals surface area contributed by atoms with Crippen molar-refractivity contribution >= 4 is 18.1 Å². The highest BCUT2D eigenvalue weighted by Crippen LogP contribution is 2.32. The SMILES string of the molecule is NC(=O)C(=O)C(NC=O)C1CC1.